The zero-order valence-corrected chi connectivity index (χ0v) is 16.3. The standard InChI is InChI=1S/C18H22F2N4O2S/c1-12(2)18-21-13(3)10-17(22-18)23-6-8-24(9-7-23)27(25,26)16-11-14(19)4-5-15(16)20/h4-5,10-12H,6-9H2,1-3H3. The van der Waals surface area contributed by atoms with Gasteiger partial charge in [-0.1, -0.05) is 13.8 Å². The van der Waals surface area contributed by atoms with Crippen LogP contribution in [0.5, 0.6) is 0 Å². The molecule has 2 heterocycles. The Morgan fingerprint density at radius 1 is 1.04 bits per heavy atom. The number of sulfonamides is 1. The van der Waals surface area contributed by atoms with Crippen LogP contribution in [0.3, 0.4) is 0 Å². The van der Waals surface area contributed by atoms with E-state index in [-0.39, 0.29) is 19.0 Å². The van der Waals surface area contributed by atoms with Gasteiger partial charge in [-0.05, 0) is 25.1 Å². The van der Waals surface area contributed by atoms with Gasteiger partial charge in [0.15, 0.2) is 0 Å². The van der Waals surface area contributed by atoms with Crippen molar-refractivity contribution < 1.29 is 17.2 Å². The highest BCUT2D eigenvalue weighted by Crippen LogP contribution is 2.24. The Kier molecular flexibility index (Phi) is 5.43. The summed E-state index contributed by atoms with van der Waals surface area (Å²) in [5, 5.41) is 0. The van der Waals surface area contributed by atoms with Crippen LogP contribution in [-0.4, -0.2) is 48.9 Å². The van der Waals surface area contributed by atoms with E-state index < -0.39 is 26.6 Å². The fourth-order valence-corrected chi connectivity index (χ4v) is 4.46. The molecule has 6 nitrogen and oxygen atoms in total. The third kappa shape index (κ3) is 4.08. The first-order chi connectivity index (χ1) is 12.7. The van der Waals surface area contributed by atoms with E-state index >= 15 is 0 Å². The fraction of sp³-hybridized carbons (Fsp3) is 0.444. The summed E-state index contributed by atoms with van der Waals surface area (Å²) in [6.45, 7) is 7.06. The lowest BCUT2D eigenvalue weighted by atomic mass is 10.2. The van der Waals surface area contributed by atoms with Gasteiger partial charge in [-0.15, -0.1) is 0 Å². The zero-order chi connectivity index (χ0) is 19.8. The lowest BCUT2D eigenvalue weighted by Crippen LogP contribution is -2.49. The highest BCUT2D eigenvalue weighted by atomic mass is 32.2. The molecule has 0 N–H and O–H groups in total. The smallest absolute Gasteiger partial charge is 0.246 e. The van der Waals surface area contributed by atoms with Crippen molar-refractivity contribution >= 4 is 15.8 Å². The molecule has 0 atom stereocenters. The van der Waals surface area contributed by atoms with Crippen LogP contribution in [0, 0.1) is 18.6 Å². The molecule has 1 fully saturated rings. The molecule has 0 amide bonds. The van der Waals surface area contributed by atoms with E-state index in [1.54, 1.807) is 0 Å². The van der Waals surface area contributed by atoms with E-state index in [0.717, 1.165) is 35.5 Å². The number of hydrogen-bond acceptors (Lipinski definition) is 5. The maximum absolute atomic E-state index is 13.9. The first kappa shape index (κ1) is 19.6. The minimum atomic E-state index is -4.09. The van der Waals surface area contributed by atoms with Crippen molar-refractivity contribution in [2.45, 2.75) is 31.6 Å². The third-order valence-corrected chi connectivity index (χ3v) is 6.36. The van der Waals surface area contributed by atoms with E-state index in [2.05, 4.69) is 9.97 Å². The molecule has 0 unspecified atom stereocenters. The zero-order valence-electron chi connectivity index (χ0n) is 15.5. The van der Waals surface area contributed by atoms with E-state index in [1.807, 2.05) is 31.7 Å². The van der Waals surface area contributed by atoms with Crippen molar-refractivity contribution in [3.05, 3.63) is 47.4 Å². The SMILES string of the molecule is Cc1cc(N2CCN(S(=O)(=O)c3cc(F)ccc3F)CC2)nc(C(C)C)n1. The molecule has 2 aromatic rings. The van der Waals surface area contributed by atoms with Crippen LogP contribution in [-0.2, 0) is 10.0 Å². The molecule has 1 aromatic carbocycles. The van der Waals surface area contributed by atoms with Crippen LogP contribution >= 0.6 is 0 Å². The second-order valence-corrected chi connectivity index (χ2v) is 8.75. The molecular formula is C18H22F2N4O2S. The van der Waals surface area contributed by atoms with Gasteiger partial charge in [-0.25, -0.2) is 27.2 Å². The maximum Gasteiger partial charge on any atom is 0.246 e. The van der Waals surface area contributed by atoms with E-state index in [9.17, 15) is 17.2 Å². The predicted molar refractivity (Wildman–Crippen MR) is 98.2 cm³/mol. The first-order valence-corrected chi connectivity index (χ1v) is 10.2. The molecule has 0 radical (unpaired) electrons. The van der Waals surface area contributed by atoms with Crippen LogP contribution in [0.25, 0.3) is 0 Å². The summed E-state index contributed by atoms with van der Waals surface area (Å²) < 4.78 is 53.9. The van der Waals surface area contributed by atoms with E-state index in [0.29, 0.717) is 13.1 Å². The van der Waals surface area contributed by atoms with Crippen LogP contribution in [0.1, 0.15) is 31.3 Å². The highest BCUT2D eigenvalue weighted by molar-refractivity contribution is 7.89. The molecule has 1 aliphatic rings. The quantitative estimate of drug-likeness (QED) is 0.795. The summed E-state index contributed by atoms with van der Waals surface area (Å²) in [5.41, 5.74) is 0.848. The molecule has 3 rings (SSSR count). The second kappa shape index (κ2) is 7.47. The number of nitrogens with zero attached hydrogens (tertiary/aromatic N) is 4. The highest BCUT2D eigenvalue weighted by Gasteiger charge is 2.31. The van der Waals surface area contributed by atoms with Crippen LogP contribution in [0.2, 0.25) is 0 Å². The summed E-state index contributed by atoms with van der Waals surface area (Å²) in [6.07, 6.45) is 0. The molecule has 0 spiro atoms. The summed E-state index contributed by atoms with van der Waals surface area (Å²) in [5.74, 6) is -0.0681. The van der Waals surface area contributed by atoms with Gasteiger partial charge in [0.25, 0.3) is 0 Å². The number of benzene rings is 1. The lowest BCUT2D eigenvalue weighted by molar-refractivity contribution is 0.380. The van der Waals surface area contributed by atoms with Gasteiger partial charge in [0.2, 0.25) is 10.0 Å². The Bertz CT molecular complexity index is 942. The van der Waals surface area contributed by atoms with Gasteiger partial charge in [0.1, 0.15) is 28.2 Å². The van der Waals surface area contributed by atoms with Gasteiger partial charge in [-0.3, -0.25) is 0 Å². The normalized spacial score (nSPS) is 16.1. The molecule has 1 aliphatic heterocycles. The molecular weight excluding hydrogens is 374 g/mol. The number of aryl methyl sites for hydroxylation is 1. The van der Waals surface area contributed by atoms with Crippen LogP contribution in [0.4, 0.5) is 14.6 Å². The number of aromatic nitrogens is 2. The molecule has 1 saturated heterocycles. The lowest BCUT2D eigenvalue weighted by Gasteiger charge is -2.35. The van der Waals surface area contributed by atoms with Gasteiger partial charge < -0.3 is 4.90 Å². The predicted octanol–water partition coefficient (Wildman–Crippen LogP) is 2.70. The Morgan fingerprint density at radius 2 is 1.70 bits per heavy atom. The summed E-state index contributed by atoms with van der Waals surface area (Å²) in [4.78, 5) is 10.3. The maximum atomic E-state index is 13.9. The van der Waals surface area contributed by atoms with Gasteiger partial charge in [0.05, 0.1) is 0 Å². The number of anilines is 1. The summed E-state index contributed by atoms with van der Waals surface area (Å²) >= 11 is 0. The Balaban J connectivity index is 1.78. The third-order valence-electron chi connectivity index (χ3n) is 4.45. The largest absolute Gasteiger partial charge is 0.354 e. The van der Waals surface area contributed by atoms with Crippen molar-refractivity contribution in [3.63, 3.8) is 0 Å². The number of hydrogen-bond donors (Lipinski definition) is 0. The Hall–Kier alpha value is -2.13. The van der Waals surface area contributed by atoms with Gasteiger partial charge >= 0.3 is 0 Å². The van der Waals surface area contributed by atoms with Crippen molar-refractivity contribution in [2.24, 2.45) is 0 Å². The topological polar surface area (TPSA) is 66.4 Å². The molecule has 0 saturated carbocycles. The molecule has 1 aromatic heterocycles. The van der Waals surface area contributed by atoms with Crippen molar-refractivity contribution in [1.82, 2.24) is 14.3 Å². The van der Waals surface area contributed by atoms with Crippen LogP contribution < -0.4 is 4.90 Å². The summed E-state index contributed by atoms with van der Waals surface area (Å²) in [6, 6.07) is 4.31. The number of piperazine rings is 1. The monoisotopic (exact) mass is 396 g/mol. The van der Waals surface area contributed by atoms with Gasteiger partial charge in [-0.2, -0.15) is 4.31 Å². The molecule has 0 bridgehead atoms. The van der Waals surface area contributed by atoms with E-state index in [4.69, 9.17) is 0 Å². The number of rotatable bonds is 4. The molecule has 27 heavy (non-hydrogen) atoms. The van der Waals surface area contributed by atoms with E-state index in [1.165, 1.54) is 4.31 Å². The minimum absolute atomic E-state index is 0.165. The fourth-order valence-electron chi connectivity index (χ4n) is 2.97. The average Bonchev–Trinajstić information content (AvgIpc) is 2.63. The second-order valence-electron chi connectivity index (χ2n) is 6.85. The molecule has 0 aliphatic carbocycles. The molecule has 9 heteroatoms. The van der Waals surface area contributed by atoms with Crippen molar-refractivity contribution in [2.75, 3.05) is 31.1 Å². The van der Waals surface area contributed by atoms with Crippen molar-refractivity contribution in [1.29, 1.82) is 0 Å². The van der Waals surface area contributed by atoms with Gasteiger partial charge in [0, 0.05) is 43.9 Å². The van der Waals surface area contributed by atoms with Crippen LogP contribution in [0.15, 0.2) is 29.2 Å². The Morgan fingerprint density at radius 3 is 2.33 bits per heavy atom. The minimum Gasteiger partial charge on any atom is -0.354 e. The molecule has 146 valence electrons. The average molecular weight is 396 g/mol. The Labute approximate surface area is 157 Å². The van der Waals surface area contributed by atoms with Crippen molar-refractivity contribution in [3.8, 4) is 0 Å². The summed E-state index contributed by atoms with van der Waals surface area (Å²) in [7, 11) is -4.09. The first-order valence-electron chi connectivity index (χ1n) is 8.74. The number of halogens is 2.